The van der Waals surface area contributed by atoms with Gasteiger partial charge in [-0.15, -0.1) is 0 Å². The van der Waals surface area contributed by atoms with Crippen molar-refractivity contribution in [1.82, 2.24) is 15.6 Å². The highest BCUT2D eigenvalue weighted by atomic mass is 16.2. The number of nitrogens with zero attached hydrogens (tertiary/aromatic N) is 2. The minimum Gasteiger partial charge on any atom is -0.356 e. The van der Waals surface area contributed by atoms with E-state index < -0.39 is 6.03 Å². The molecular formula is C14H23N5O. The van der Waals surface area contributed by atoms with Crippen LogP contribution in [0.5, 0.6) is 0 Å². The summed E-state index contributed by atoms with van der Waals surface area (Å²) < 4.78 is 0. The van der Waals surface area contributed by atoms with Crippen molar-refractivity contribution >= 4 is 12.0 Å². The minimum absolute atomic E-state index is 0.426. The molecule has 1 aromatic heterocycles. The Hall–Kier alpha value is -2.11. The number of carbonyl (C=O) groups excluding carboxylic acids is 1. The number of guanidine groups is 1. The molecule has 0 bridgehead atoms. The quantitative estimate of drug-likeness (QED) is 0.415. The SMILES string of the molecule is CC(C)CN=C(NCCCc1ccccn1)NC(N)=O. The second-order valence-electron chi connectivity index (χ2n) is 4.92. The van der Waals surface area contributed by atoms with Gasteiger partial charge in [-0.2, -0.15) is 0 Å². The molecule has 4 N–H and O–H groups in total. The fourth-order valence-corrected chi connectivity index (χ4v) is 1.55. The average Bonchev–Trinajstić information content (AvgIpc) is 2.41. The minimum atomic E-state index is -0.607. The molecule has 0 saturated heterocycles. The number of pyridine rings is 1. The molecule has 1 heterocycles. The van der Waals surface area contributed by atoms with Gasteiger partial charge in [0.1, 0.15) is 0 Å². The van der Waals surface area contributed by atoms with Crippen LogP contribution in [0.15, 0.2) is 29.4 Å². The molecule has 6 nitrogen and oxygen atoms in total. The first-order chi connectivity index (χ1) is 9.58. The molecule has 0 unspecified atom stereocenters. The molecule has 110 valence electrons. The van der Waals surface area contributed by atoms with E-state index in [9.17, 15) is 4.79 Å². The van der Waals surface area contributed by atoms with Gasteiger partial charge in [0.05, 0.1) is 0 Å². The van der Waals surface area contributed by atoms with Crippen LogP contribution in [0, 0.1) is 5.92 Å². The molecule has 0 radical (unpaired) electrons. The maximum atomic E-state index is 10.9. The second kappa shape index (κ2) is 8.90. The number of rotatable bonds is 6. The molecule has 20 heavy (non-hydrogen) atoms. The number of aryl methyl sites for hydroxylation is 1. The van der Waals surface area contributed by atoms with Gasteiger partial charge >= 0.3 is 6.03 Å². The van der Waals surface area contributed by atoms with Crippen LogP contribution < -0.4 is 16.4 Å². The second-order valence-corrected chi connectivity index (χ2v) is 4.92. The third-order valence-corrected chi connectivity index (χ3v) is 2.48. The molecule has 0 spiro atoms. The Morgan fingerprint density at radius 1 is 1.45 bits per heavy atom. The Bertz CT molecular complexity index is 430. The van der Waals surface area contributed by atoms with Gasteiger partial charge in [-0.3, -0.25) is 15.3 Å². The first-order valence-corrected chi connectivity index (χ1v) is 6.82. The van der Waals surface area contributed by atoms with E-state index in [-0.39, 0.29) is 0 Å². The maximum Gasteiger partial charge on any atom is 0.318 e. The molecular weight excluding hydrogens is 254 g/mol. The summed E-state index contributed by atoms with van der Waals surface area (Å²) in [5, 5.41) is 5.58. The number of hydrogen-bond donors (Lipinski definition) is 3. The summed E-state index contributed by atoms with van der Waals surface area (Å²) in [6.45, 7) is 5.47. The molecule has 0 aliphatic heterocycles. The summed E-state index contributed by atoms with van der Waals surface area (Å²) >= 11 is 0. The fraction of sp³-hybridized carbons (Fsp3) is 0.500. The maximum absolute atomic E-state index is 10.9. The third kappa shape index (κ3) is 7.35. The number of nitrogens with two attached hydrogens (primary N) is 1. The number of carbonyl (C=O) groups is 1. The summed E-state index contributed by atoms with van der Waals surface area (Å²) in [4.78, 5) is 19.4. The highest BCUT2D eigenvalue weighted by Crippen LogP contribution is 1.97. The standard InChI is InChI=1S/C14H23N5O/c1-11(2)10-18-14(19-13(15)20)17-9-5-7-12-6-3-4-8-16-12/h3-4,6,8,11H,5,7,9-10H2,1-2H3,(H4,15,17,18,19,20). The first kappa shape index (κ1) is 15.9. The van der Waals surface area contributed by atoms with Gasteiger partial charge in [0.2, 0.25) is 0 Å². The molecule has 0 atom stereocenters. The number of urea groups is 1. The Balaban J connectivity index is 2.34. The summed E-state index contributed by atoms with van der Waals surface area (Å²) in [7, 11) is 0. The van der Waals surface area contributed by atoms with Crippen molar-refractivity contribution in [3.63, 3.8) is 0 Å². The smallest absolute Gasteiger partial charge is 0.318 e. The van der Waals surface area contributed by atoms with Crippen LogP contribution in [-0.4, -0.2) is 30.1 Å². The number of amides is 2. The van der Waals surface area contributed by atoms with E-state index in [1.165, 1.54) is 0 Å². The Morgan fingerprint density at radius 3 is 2.85 bits per heavy atom. The van der Waals surface area contributed by atoms with Crippen LogP contribution in [0.25, 0.3) is 0 Å². The molecule has 2 amide bonds. The van der Waals surface area contributed by atoms with Crippen molar-refractivity contribution in [2.45, 2.75) is 26.7 Å². The van der Waals surface area contributed by atoms with Crippen molar-refractivity contribution in [3.8, 4) is 0 Å². The van der Waals surface area contributed by atoms with Crippen molar-refractivity contribution in [2.75, 3.05) is 13.1 Å². The van der Waals surface area contributed by atoms with Crippen molar-refractivity contribution in [3.05, 3.63) is 30.1 Å². The normalized spacial score (nSPS) is 11.4. The summed E-state index contributed by atoms with van der Waals surface area (Å²) in [5.74, 6) is 0.863. The molecule has 6 heteroatoms. The first-order valence-electron chi connectivity index (χ1n) is 6.82. The Kier molecular flexibility index (Phi) is 7.10. The third-order valence-electron chi connectivity index (χ3n) is 2.48. The average molecular weight is 277 g/mol. The van der Waals surface area contributed by atoms with Gasteiger partial charge in [-0.1, -0.05) is 19.9 Å². The van der Waals surface area contributed by atoms with Crippen molar-refractivity contribution < 1.29 is 4.79 Å². The molecule has 1 aromatic rings. The molecule has 0 aliphatic carbocycles. The molecule has 1 rings (SSSR count). The van der Waals surface area contributed by atoms with Gasteiger partial charge in [0, 0.05) is 25.0 Å². The topological polar surface area (TPSA) is 92.4 Å². The predicted molar refractivity (Wildman–Crippen MR) is 80.4 cm³/mol. The lowest BCUT2D eigenvalue weighted by molar-refractivity contribution is 0.253. The molecule has 0 saturated carbocycles. The lowest BCUT2D eigenvalue weighted by Crippen LogP contribution is -2.44. The van der Waals surface area contributed by atoms with E-state index >= 15 is 0 Å². The van der Waals surface area contributed by atoms with Crippen LogP contribution >= 0.6 is 0 Å². The number of aromatic nitrogens is 1. The van der Waals surface area contributed by atoms with Gasteiger partial charge in [-0.25, -0.2) is 4.79 Å². The van der Waals surface area contributed by atoms with Gasteiger partial charge in [0.15, 0.2) is 5.96 Å². The van der Waals surface area contributed by atoms with E-state index in [2.05, 4.69) is 34.5 Å². The van der Waals surface area contributed by atoms with E-state index in [1.54, 1.807) is 6.20 Å². The van der Waals surface area contributed by atoms with Gasteiger partial charge < -0.3 is 11.1 Å². The largest absolute Gasteiger partial charge is 0.356 e. The monoisotopic (exact) mass is 277 g/mol. The lowest BCUT2D eigenvalue weighted by atomic mass is 10.2. The molecule has 0 aliphatic rings. The Labute approximate surface area is 119 Å². The predicted octanol–water partition coefficient (Wildman–Crippen LogP) is 1.28. The van der Waals surface area contributed by atoms with Crippen LogP contribution in [-0.2, 0) is 6.42 Å². The van der Waals surface area contributed by atoms with Crippen LogP contribution in [0.4, 0.5) is 4.79 Å². The number of aliphatic imine (C=N–C) groups is 1. The number of nitrogens with one attached hydrogen (secondary N) is 2. The van der Waals surface area contributed by atoms with Crippen molar-refractivity contribution in [1.29, 1.82) is 0 Å². The molecule has 0 aromatic carbocycles. The van der Waals surface area contributed by atoms with Crippen LogP contribution in [0.2, 0.25) is 0 Å². The lowest BCUT2D eigenvalue weighted by Gasteiger charge is -2.10. The number of hydrogen-bond acceptors (Lipinski definition) is 3. The zero-order chi connectivity index (χ0) is 14.8. The van der Waals surface area contributed by atoms with Gasteiger partial charge in [0.25, 0.3) is 0 Å². The fourth-order valence-electron chi connectivity index (χ4n) is 1.55. The number of primary amides is 1. The highest BCUT2D eigenvalue weighted by Gasteiger charge is 2.02. The van der Waals surface area contributed by atoms with E-state index in [1.807, 2.05) is 18.2 Å². The van der Waals surface area contributed by atoms with Crippen LogP contribution in [0.3, 0.4) is 0 Å². The summed E-state index contributed by atoms with van der Waals surface area (Å²) in [6, 6.07) is 5.26. The molecule has 0 fully saturated rings. The van der Waals surface area contributed by atoms with Gasteiger partial charge in [-0.05, 0) is 30.9 Å². The summed E-state index contributed by atoms with van der Waals surface area (Å²) in [6.07, 6.45) is 3.56. The highest BCUT2D eigenvalue weighted by molar-refractivity contribution is 5.95. The zero-order valence-corrected chi connectivity index (χ0v) is 12.1. The van der Waals surface area contributed by atoms with Crippen molar-refractivity contribution in [2.24, 2.45) is 16.6 Å². The Morgan fingerprint density at radius 2 is 2.25 bits per heavy atom. The zero-order valence-electron chi connectivity index (χ0n) is 12.1. The summed E-state index contributed by atoms with van der Waals surface area (Å²) in [5.41, 5.74) is 6.17. The van der Waals surface area contributed by atoms with E-state index in [0.29, 0.717) is 25.0 Å². The van der Waals surface area contributed by atoms with E-state index in [4.69, 9.17) is 5.73 Å². The van der Waals surface area contributed by atoms with E-state index in [0.717, 1.165) is 18.5 Å². The van der Waals surface area contributed by atoms with Crippen LogP contribution in [0.1, 0.15) is 26.0 Å².